The van der Waals surface area contributed by atoms with E-state index in [4.69, 9.17) is 0 Å². The van der Waals surface area contributed by atoms with Crippen molar-refractivity contribution in [1.82, 2.24) is 9.97 Å². The molecule has 0 aliphatic heterocycles. The van der Waals surface area contributed by atoms with E-state index in [1.807, 2.05) is 13.0 Å². The number of hydrogen-bond acceptors (Lipinski definition) is 4. The van der Waals surface area contributed by atoms with Crippen LogP contribution in [0, 0.1) is 6.92 Å². The van der Waals surface area contributed by atoms with Gasteiger partial charge in [0.2, 0.25) is 0 Å². The molecule has 18 heavy (non-hydrogen) atoms. The molecule has 0 bridgehead atoms. The quantitative estimate of drug-likeness (QED) is 0.861. The standard InChI is InChI=1S/C14H23N3O/c1-10(2)13-15-11(3)8-12(16-13)17-14(9-18)6-4-5-7-14/h8,10,18H,4-7,9H2,1-3H3,(H,15,16,17). The SMILES string of the molecule is Cc1cc(NC2(CO)CCCC2)nc(C(C)C)n1. The Balaban J connectivity index is 2.22. The molecule has 0 atom stereocenters. The molecule has 1 heterocycles. The lowest BCUT2D eigenvalue weighted by Gasteiger charge is -2.29. The van der Waals surface area contributed by atoms with Gasteiger partial charge in [-0.25, -0.2) is 9.97 Å². The van der Waals surface area contributed by atoms with Crippen LogP contribution in [0.5, 0.6) is 0 Å². The first kappa shape index (κ1) is 13.3. The van der Waals surface area contributed by atoms with Crippen molar-refractivity contribution in [2.24, 2.45) is 0 Å². The molecule has 1 aromatic rings. The van der Waals surface area contributed by atoms with Crippen LogP contribution >= 0.6 is 0 Å². The molecule has 0 unspecified atom stereocenters. The highest BCUT2D eigenvalue weighted by molar-refractivity contribution is 5.40. The zero-order valence-corrected chi connectivity index (χ0v) is 11.5. The minimum atomic E-state index is -0.172. The lowest BCUT2D eigenvalue weighted by Crippen LogP contribution is -2.39. The van der Waals surface area contributed by atoms with Crippen molar-refractivity contribution >= 4 is 5.82 Å². The zero-order chi connectivity index (χ0) is 13.2. The summed E-state index contributed by atoms with van der Waals surface area (Å²) >= 11 is 0. The molecule has 1 saturated carbocycles. The van der Waals surface area contributed by atoms with Crippen LogP contribution < -0.4 is 5.32 Å². The minimum absolute atomic E-state index is 0.172. The molecule has 100 valence electrons. The molecule has 1 aromatic heterocycles. The number of aliphatic hydroxyl groups is 1. The highest BCUT2D eigenvalue weighted by Gasteiger charge is 2.33. The maximum Gasteiger partial charge on any atom is 0.133 e. The summed E-state index contributed by atoms with van der Waals surface area (Å²) in [4.78, 5) is 9.00. The second-order valence-electron chi connectivity index (χ2n) is 5.68. The molecule has 4 nitrogen and oxygen atoms in total. The average Bonchev–Trinajstić information content (AvgIpc) is 2.77. The van der Waals surface area contributed by atoms with E-state index in [2.05, 4.69) is 29.1 Å². The molecule has 2 N–H and O–H groups in total. The van der Waals surface area contributed by atoms with Crippen molar-refractivity contribution in [2.45, 2.75) is 57.9 Å². The Labute approximate surface area is 109 Å². The van der Waals surface area contributed by atoms with Gasteiger partial charge in [-0.05, 0) is 19.8 Å². The van der Waals surface area contributed by atoms with Gasteiger partial charge in [0, 0.05) is 17.7 Å². The van der Waals surface area contributed by atoms with Gasteiger partial charge < -0.3 is 10.4 Å². The van der Waals surface area contributed by atoms with Gasteiger partial charge in [-0.2, -0.15) is 0 Å². The van der Waals surface area contributed by atoms with Crippen molar-refractivity contribution in [3.8, 4) is 0 Å². The third-order valence-electron chi connectivity index (χ3n) is 3.64. The number of aryl methyl sites for hydroxylation is 1. The van der Waals surface area contributed by atoms with Crippen molar-refractivity contribution < 1.29 is 5.11 Å². The number of anilines is 1. The van der Waals surface area contributed by atoms with E-state index in [-0.39, 0.29) is 12.1 Å². The summed E-state index contributed by atoms with van der Waals surface area (Å²) in [6, 6.07) is 1.96. The molecule has 1 aliphatic carbocycles. The lowest BCUT2D eigenvalue weighted by molar-refractivity contribution is 0.213. The monoisotopic (exact) mass is 249 g/mol. The van der Waals surface area contributed by atoms with Gasteiger partial charge in [0.05, 0.1) is 12.1 Å². The van der Waals surface area contributed by atoms with Crippen LogP contribution in [-0.4, -0.2) is 27.2 Å². The average molecular weight is 249 g/mol. The molecule has 0 saturated heterocycles. The van der Waals surface area contributed by atoms with Gasteiger partial charge in [0.25, 0.3) is 0 Å². The summed E-state index contributed by atoms with van der Waals surface area (Å²) in [5, 5.41) is 13.1. The largest absolute Gasteiger partial charge is 0.394 e. The first-order valence-corrected chi connectivity index (χ1v) is 6.79. The number of nitrogens with zero attached hydrogens (tertiary/aromatic N) is 2. The van der Waals surface area contributed by atoms with Gasteiger partial charge in [-0.15, -0.1) is 0 Å². The van der Waals surface area contributed by atoms with E-state index >= 15 is 0 Å². The van der Waals surface area contributed by atoms with E-state index < -0.39 is 0 Å². The van der Waals surface area contributed by atoms with E-state index in [9.17, 15) is 5.11 Å². The third kappa shape index (κ3) is 2.80. The second kappa shape index (κ2) is 5.22. The highest BCUT2D eigenvalue weighted by Crippen LogP contribution is 2.32. The number of rotatable bonds is 4. The van der Waals surface area contributed by atoms with Crippen LogP contribution in [0.1, 0.15) is 57.0 Å². The fraction of sp³-hybridized carbons (Fsp3) is 0.714. The maximum absolute atomic E-state index is 9.62. The summed E-state index contributed by atoms with van der Waals surface area (Å²) in [5.74, 6) is 2.03. The van der Waals surface area contributed by atoms with Crippen molar-refractivity contribution in [1.29, 1.82) is 0 Å². The molecule has 0 radical (unpaired) electrons. The van der Waals surface area contributed by atoms with Crippen LogP contribution in [0.15, 0.2) is 6.07 Å². The predicted molar refractivity (Wildman–Crippen MR) is 72.8 cm³/mol. The zero-order valence-electron chi connectivity index (χ0n) is 11.5. The fourth-order valence-electron chi connectivity index (χ4n) is 2.56. The minimum Gasteiger partial charge on any atom is -0.394 e. The molecule has 0 aromatic carbocycles. The number of nitrogens with one attached hydrogen (secondary N) is 1. The molecular weight excluding hydrogens is 226 g/mol. The van der Waals surface area contributed by atoms with Gasteiger partial charge in [-0.1, -0.05) is 26.7 Å². The Kier molecular flexibility index (Phi) is 3.85. The smallest absolute Gasteiger partial charge is 0.133 e. The summed E-state index contributed by atoms with van der Waals surface area (Å²) in [5.41, 5.74) is 0.803. The highest BCUT2D eigenvalue weighted by atomic mass is 16.3. The molecule has 4 heteroatoms. The summed E-state index contributed by atoms with van der Waals surface area (Å²) in [6.45, 7) is 6.35. The molecule has 1 fully saturated rings. The Morgan fingerprint density at radius 2 is 2.00 bits per heavy atom. The van der Waals surface area contributed by atoms with Crippen LogP contribution in [0.2, 0.25) is 0 Å². The second-order valence-corrected chi connectivity index (χ2v) is 5.68. The van der Waals surface area contributed by atoms with Crippen molar-refractivity contribution in [3.05, 3.63) is 17.6 Å². The topological polar surface area (TPSA) is 58.0 Å². The molecular formula is C14H23N3O. The van der Waals surface area contributed by atoms with Crippen molar-refractivity contribution in [3.63, 3.8) is 0 Å². The number of aliphatic hydroxyl groups excluding tert-OH is 1. The van der Waals surface area contributed by atoms with Crippen LogP contribution in [0.3, 0.4) is 0 Å². The summed E-state index contributed by atoms with van der Waals surface area (Å²) in [7, 11) is 0. The Hall–Kier alpha value is -1.16. The maximum atomic E-state index is 9.62. The van der Waals surface area contributed by atoms with Crippen LogP contribution in [0.25, 0.3) is 0 Å². The molecule has 0 amide bonds. The first-order chi connectivity index (χ1) is 8.54. The van der Waals surface area contributed by atoms with Gasteiger partial charge in [0.15, 0.2) is 0 Å². The predicted octanol–water partition coefficient (Wildman–Crippen LogP) is 2.63. The normalized spacial score (nSPS) is 18.3. The fourth-order valence-corrected chi connectivity index (χ4v) is 2.56. The number of aromatic nitrogens is 2. The van der Waals surface area contributed by atoms with Crippen LogP contribution in [0.4, 0.5) is 5.82 Å². The van der Waals surface area contributed by atoms with Crippen molar-refractivity contribution in [2.75, 3.05) is 11.9 Å². The third-order valence-corrected chi connectivity index (χ3v) is 3.64. The van der Waals surface area contributed by atoms with E-state index in [1.54, 1.807) is 0 Å². The number of hydrogen-bond donors (Lipinski definition) is 2. The lowest BCUT2D eigenvalue weighted by atomic mass is 9.99. The summed E-state index contributed by atoms with van der Waals surface area (Å²) in [6.07, 6.45) is 4.39. The van der Waals surface area contributed by atoms with E-state index in [1.165, 1.54) is 12.8 Å². The van der Waals surface area contributed by atoms with Gasteiger partial charge >= 0.3 is 0 Å². The summed E-state index contributed by atoms with van der Waals surface area (Å²) < 4.78 is 0. The Morgan fingerprint density at radius 1 is 1.33 bits per heavy atom. The van der Waals surface area contributed by atoms with Crippen LogP contribution in [-0.2, 0) is 0 Å². The first-order valence-electron chi connectivity index (χ1n) is 6.79. The van der Waals surface area contributed by atoms with Gasteiger partial charge in [-0.3, -0.25) is 0 Å². The molecule has 2 rings (SSSR count). The van der Waals surface area contributed by atoms with E-state index in [0.717, 1.165) is 30.2 Å². The van der Waals surface area contributed by atoms with Gasteiger partial charge in [0.1, 0.15) is 11.6 Å². The van der Waals surface area contributed by atoms with E-state index in [0.29, 0.717) is 5.92 Å². The molecule has 1 aliphatic rings. The Morgan fingerprint density at radius 3 is 2.56 bits per heavy atom. The molecule has 0 spiro atoms. The Bertz CT molecular complexity index is 412.